The van der Waals surface area contributed by atoms with Crippen LogP contribution in [-0.2, 0) is 11.3 Å². The minimum atomic E-state index is 0.00964. The average molecular weight is 284 g/mol. The van der Waals surface area contributed by atoms with Crippen LogP contribution in [0.2, 0.25) is 0 Å². The summed E-state index contributed by atoms with van der Waals surface area (Å²) in [5, 5.41) is 5.68. The third kappa shape index (κ3) is 4.05. The highest BCUT2D eigenvalue weighted by molar-refractivity contribution is 5.83. The second-order valence-electron chi connectivity index (χ2n) is 5.58. The molecule has 3 heteroatoms. The Morgan fingerprint density at radius 3 is 2.62 bits per heavy atom. The van der Waals surface area contributed by atoms with Crippen LogP contribution in [0.4, 0.5) is 0 Å². The second kappa shape index (κ2) is 7.23. The fourth-order valence-corrected chi connectivity index (χ4v) is 2.51. The Hall–Kier alpha value is -1.87. The Morgan fingerprint density at radius 1 is 1.19 bits per heavy atom. The molecule has 1 amide bonds. The molecule has 1 unspecified atom stereocenters. The second-order valence-corrected chi connectivity index (χ2v) is 5.58. The predicted molar refractivity (Wildman–Crippen MR) is 88.1 cm³/mol. The number of hydrogen-bond donors (Lipinski definition) is 1. The molecule has 2 aromatic carbocycles. The van der Waals surface area contributed by atoms with E-state index in [0.29, 0.717) is 6.54 Å². The highest BCUT2D eigenvalue weighted by Gasteiger charge is 2.17. The van der Waals surface area contributed by atoms with Gasteiger partial charge in [-0.15, -0.1) is 0 Å². The lowest BCUT2D eigenvalue weighted by molar-refractivity contribution is -0.134. The van der Waals surface area contributed by atoms with E-state index in [2.05, 4.69) is 42.6 Å². The fraction of sp³-hybridized carbons (Fsp3) is 0.389. The van der Waals surface area contributed by atoms with Gasteiger partial charge < -0.3 is 10.2 Å². The number of rotatable bonds is 6. The third-order valence-corrected chi connectivity index (χ3v) is 3.73. The maximum atomic E-state index is 12.3. The Labute approximate surface area is 127 Å². The molecule has 3 nitrogen and oxygen atoms in total. The van der Waals surface area contributed by atoms with E-state index < -0.39 is 0 Å². The minimum absolute atomic E-state index is 0.00964. The van der Waals surface area contributed by atoms with Gasteiger partial charge in [0.1, 0.15) is 0 Å². The quantitative estimate of drug-likeness (QED) is 0.884. The van der Waals surface area contributed by atoms with Crippen molar-refractivity contribution < 1.29 is 4.79 Å². The summed E-state index contributed by atoms with van der Waals surface area (Å²) in [6.45, 7) is 6.31. The normalized spacial score (nSPS) is 12.3. The molecule has 0 fully saturated rings. The molecular weight excluding hydrogens is 260 g/mol. The van der Waals surface area contributed by atoms with Gasteiger partial charge in [-0.1, -0.05) is 50.2 Å². The lowest BCUT2D eigenvalue weighted by atomic mass is 10.1. The SMILES string of the molecule is CCNCC(C)C(=O)N(C)Cc1ccc2ccccc2c1. The zero-order valence-corrected chi connectivity index (χ0v) is 13.1. The van der Waals surface area contributed by atoms with Gasteiger partial charge >= 0.3 is 0 Å². The number of benzene rings is 2. The van der Waals surface area contributed by atoms with Crippen molar-refractivity contribution in [2.45, 2.75) is 20.4 Å². The van der Waals surface area contributed by atoms with Crippen molar-refractivity contribution >= 4 is 16.7 Å². The van der Waals surface area contributed by atoms with Crippen LogP contribution in [0, 0.1) is 5.92 Å². The van der Waals surface area contributed by atoms with Crippen molar-refractivity contribution in [1.29, 1.82) is 0 Å². The van der Waals surface area contributed by atoms with Crippen LogP contribution in [0.25, 0.3) is 10.8 Å². The van der Waals surface area contributed by atoms with E-state index >= 15 is 0 Å². The zero-order chi connectivity index (χ0) is 15.2. The number of carbonyl (C=O) groups excluding carboxylic acids is 1. The Balaban J connectivity index is 2.03. The van der Waals surface area contributed by atoms with E-state index in [4.69, 9.17) is 0 Å². The van der Waals surface area contributed by atoms with Crippen molar-refractivity contribution in [2.24, 2.45) is 5.92 Å². The van der Waals surface area contributed by atoms with Gasteiger partial charge in [0, 0.05) is 26.1 Å². The third-order valence-electron chi connectivity index (χ3n) is 3.73. The number of fused-ring (bicyclic) bond motifs is 1. The number of nitrogens with one attached hydrogen (secondary N) is 1. The molecule has 1 atom stereocenters. The highest BCUT2D eigenvalue weighted by atomic mass is 16.2. The summed E-state index contributed by atoms with van der Waals surface area (Å²) in [6.07, 6.45) is 0. The van der Waals surface area contributed by atoms with Crippen LogP contribution in [0.5, 0.6) is 0 Å². The van der Waals surface area contributed by atoms with E-state index in [0.717, 1.165) is 13.1 Å². The summed E-state index contributed by atoms with van der Waals surface area (Å²) >= 11 is 0. The number of carbonyl (C=O) groups is 1. The van der Waals surface area contributed by atoms with Gasteiger partial charge in [-0.05, 0) is 28.9 Å². The molecule has 0 aliphatic carbocycles. The first kappa shape index (κ1) is 15.5. The van der Waals surface area contributed by atoms with E-state index in [-0.39, 0.29) is 11.8 Å². The molecule has 0 aliphatic heterocycles. The maximum absolute atomic E-state index is 12.3. The lowest BCUT2D eigenvalue weighted by Crippen LogP contribution is -2.36. The molecule has 0 aliphatic rings. The smallest absolute Gasteiger partial charge is 0.226 e. The summed E-state index contributed by atoms with van der Waals surface area (Å²) in [7, 11) is 1.87. The molecular formula is C18H24N2O. The Kier molecular flexibility index (Phi) is 5.34. The van der Waals surface area contributed by atoms with Gasteiger partial charge in [0.2, 0.25) is 5.91 Å². The first-order valence-electron chi connectivity index (χ1n) is 7.55. The molecule has 0 heterocycles. The molecule has 0 aromatic heterocycles. The maximum Gasteiger partial charge on any atom is 0.226 e. The van der Waals surface area contributed by atoms with Gasteiger partial charge in [-0.3, -0.25) is 4.79 Å². The monoisotopic (exact) mass is 284 g/mol. The molecule has 0 spiro atoms. The van der Waals surface area contributed by atoms with Crippen molar-refractivity contribution in [3.8, 4) is 0 Å². The number of nitrogens with zero attached hydrogens (tertiary/aromatic N) is 1. The van der Waals surface area contributed by atoms with Crippen molar-refractivity contribution in [3.63, 3.8) is 0 Å². The van der Waals surface area contributed by atoms with E-state index in [9.17, 15) is 4.79 Å². The minimum Gasteiger partial charge on any atom is -0.341 e. The molecule has 0 bridgehead atoms. The molecule has 0 radical (unpaired) electrons. The van der Waals surface area contributed by atoms with Crippen LogP contribution < -0.4 is 5.32 Å². The first-order chi connectivity index (χ1) is 10.1. The molecule has 0 saturated heterocycles. The highest BCUT2D eigenvalue weighted by Crippen LogP contribution is 2.17. The molecule has 2 rings (SSSR count). The van der Waals surface area contributed by atoms with Crippen LogP contribution in [-0.4, -0.2) is 30.9 Å². The molecule has 1 N–H and O–H groups in total. The first-order valence-corrected chi connectivity index (χ1v) is 7.55. The molecule has 2 aromatic rings. The topological polar surface area (TPSA) is 32.3 Å². The summed E-state index contributed by atoms with van der Waals surface area (Å²) < 4.78 is 0. The van der Waals surface area contributed by atoms with Gasteiger partial charge in [-0.25, -0.2) is 0 Å². The summed E-state index contributed by atoms with van der Waals surface area (Å²) in [5.41, 5.74) is 1.17. The van der Waals surface area contributed by atoms with Crippen molar-refractivity contribution in [2.75, 3.05) is 20.1 Å². The average Bonchev–Trinajstić information content (AvgIpc) is 2.51. The van der Waals surface area contributed by atoms with E-state index in [1.54, 1.807) is 0 Å². The van der Waals surface area contributed by atoms with Crippen molar-refractivity contribution in [1.82, 2.24) is 10.2 Å². The van der Waals surface area contributed by atoms with E-state index in [1.807, 2.05) is 31.0 Å². The summed E-state index contributed by atoms with van der Waals surface area (Å²) in [5.74, 6) is 0.194. The molecule has 21 heavy (non-hydrogen) atoms. The Bertz CT molecular complexity index is 609. The van der Waals surface area contributed by atoms with Crippen LogP contribution in [0.1, 0.15) is 19.4 Å². The Morgan fingerprint density at radius 2 is 1.90 bits per heavy atom. The lowest BCUT2D eigenvalue weighted by Gasteiger charge is -2.22. The van der Waals surface area contributed by atoms with E-state index in [1.165, 1.54) is 16.3 Å². The van der Waals surface area contributed by atoms with Gasteiger partial charge in [-0.2, -0.15) is 0 Å². The standard InChI is InChI=1S/C18H24N2O/c1-4-19-12-14(2)18(21)20(3)13-15-9-10-16-7-5-6-8-17(16)11-15/h5-11,14,19H,4,12-13H2,1-3H3. The summed E-state index contributed by atoms with van der Waals surface area (Å²) in [4.78, 5) is 14.1. The van der Waals surface area contributed by atoms with Crippen LogP contribution >= 0.6 is 0 Å². The fourth-order valence-electron chi connectivity index (χ4n) is 2.51. The van der Waals surface area contributed by atoms with Gasteiger partial charge in [0.25, 0.3) is 0 Å². The van der Waals surface area contributed by atoms with Crippen LogP contribution in [0.15, 0.2) is 42.5 Å². The number of hydrogen-bond acceptors (Lipinski definition) is 2. The largest absolute Gasteiger partial charge is 0.341 e. The van der Waals surface area contributed by atoms with Gasteiger partial charge in [0.15, 0.2) is 0 Å². The predicted octanol–water partition coefficient (Wildman–Crippen LogP) is 3.04. The molecule has 112 valence electrons. The van der Waals surface area contributed by atoms with Crippen LogP contribution in [0.3, 0.4) is 0 Å². The zero-order valence-electron chi connectivity index (χ0n) is 13.1. The van der Waals surface area contributed by atoms with Gasteiger partial charge in [0.05, 0.1) is 0 Å². The molecule has 0 saturated carbocycles. The number of amides is 1. The van der Waals surface area contributed by atoms with Crippen molar-refractivity contribution in [3.05, 3.63) is 48.0 Å². The summed E-state index contributed by atoms with van der Waals surface area (Å²) in [6, 6.07) is 14.7.